The van der Waals surface area contributed by atoms with E-state index in [1.54, 1.807) is 0 Å². The highest BCUT2D eigenvalue weighted by Gasteiger charge is 2.13. The summed E-state index contributed by atoms with van der Waals surface area (Å²) in [4.78, 5) is 0. The maximum absolute atomic E-state index is 6.04. The second-order valence-corrected chi connectivity index (χ2v) is 5.05. The highest BCUT2D eigenvalue weighted by atomic mass is 35.5. The zero-order valence-electron chi connectivity index (χ0n) is 11.7. The summed E-state index contributed by atoms with van der Waals surface area (Å²) < 4.78 is 16.3. The van der Waals surface area contributed by atoms with Gasteiger partial charge in [0.25, 0.3) is 0 Å². The second kappa shape index (κ2) is 6.14. The molecule has 1 N–H and O–H groups in total. The molecule has 5 heteroatoms. The van der Waals surface area contributed by atoms with Gasteiger partial charge in [0.05, 0.1) is 12.3 Å². The van der Waals surface area contributed by atoms with Crippen molar-refractivity contribution in [3.8, 4) is 17.2 Å². The molecule has 1 aliphatic rings. The summed E-state index contributed by atoms with van der Waals surface area (Å²) in [6.45, 7) is 3.50. The topological polar surface area (TPSA) is 39.7 Å². The van der Waals surface area contributed by atoms with E-state index in [4.69, 9.17) is 25.8 Å². The first-order valence-electron chi connectivity index (χ1n) is 6.81. The zero-order chi connectivity index (χ0) is 14.7. The van der Waals surface area contributed by atoms with Crippen LogP contribution in [0.1, 0.15) is 12.5 Å². The summed E-state index contributed by atoms with van der Waals surface area (Å²) >= 11 is 6.04. The van der Waals surface area contributed by atoms with Crippen LogP contribution in [0.5, 0.6) is 17.2 Å². The van der Waals surface area contributed by atoms with Crippen LogP contribution in [0.3, 0.4) is 0 Å². The number of benzene rings is 2. The number of hydrogen-bond acceptors (Lipinski definition) is 4. The Morgan fingerprint density at radius 1 is 1.14 bits per heavy atom. The average molecular weight is 306 g/mol. The number of rotatable bonds is 5. The molecule has 4 nitrogen and oxygen atoms in total. The van der Waals surface area contributed by atoms with E-state index in [1.165, 1.54) is 0 Å². The van der Waals surface area contributed by atoms with Crippen LogP contribution in [-0.2, 0) is 6.54 Å². The van der Waals surface area contributed by atoms with Crippen molar-refractivity contribution in [1.29, 1.82) is 0 Å². The minimum atomic E-state index is 0.287. The normalized spacial score (nSPS) is 12.3. The van der Waals surface area contributed by atoms with Gasteiger partial charge < -0.3 is 19.5 Å². The van der Waals surface area contributed by atoms with Crippen LogP contribution in [0.25, 0.3) is 0 Å². The Bertz CT molecular complexity index is 645. The van der Waals surface area contributed by atoms with Crippen molar-refractivity contribution in [2.24, 2.45) is 0 Å². The fraction of sp³-hybridized carbons (Fsp3) is 0.250. The molecule has 1 aliphatic heterocycles. The van der Waals surface area contributed by atoms with E-state index in [-0.39, 0.29) is 6.79 Å². The lowest BCUT2D eigenvalue weighted by Gasteiger charge is -2.13. The van der Waals surface area contributed by atoms with Crippen LogP contribution < -0.4 is 19.5 Å². The molecule has 3 rings (SSSR count). The molecule has 1 heterocycles. The lowest BCUT2D eigenvalue weighted by atomic mass is 10.2. The number of ether oxygens (including phenoxy) is 3. The Labute approximate surface area is 128 Å². The van der Waals surface area contributed by atoms with E-state index < -0.39 is 0 Å². The van der Waals surface area contributed by atoms with Crippen molar-refractivity contribution in [2.75, 3.05) is 18.7 Å². The van der Waals surface area contributed by atoms with E-state index in [1.807, 2.05) is 43.3 Å². The largest absolute Gasteiger partial charge is 0.492 e. The van der Waals surface area contributed by atoms with Gasteiger partial charge in [0.1, 0.15) is 5.75 Å². The van der Waals surface area contributed by atoms with E-state index in [9.17, 15) is 0 Å². The zero-order valence-corrected chi connectivity index (χ0v) is 12.4. The maximum Gasteiger partial charge on any atom is 0.231 e. The predicted molar refractivity (Wildman–Crippen MR) is 82.5 cm³/mol. The standard InChI is InChI=1S/C16H16ClNO3/c1-2-19-14-6-4-12(17)8-13(14)18-9-11-3-5-15-16(7-11)21-10-20-15/h3-8,18H,2,9-10H2,1H3. The number of anilines is 1. The third-order valence-corrected chi connectivity index (χ3v) is 3.40. The molecule has 2 aromatic carbocycles. The monoisotopic (exact) mass is 305 g/mol. The fourth-order valence-corrected chi connectivity index (χ4v) is 2.34. The van der Waals surface area contributed by atoms with E-state index in [2.05, 4.69) is 5.32 Å². The summed E-state index contributed by atoms with van der Waals surface area (Å²) in [6, 6.07) is 11.4. The third kappa shape index (κ3) is 3.16. The van der Waals surface area contributed by atoms with Crippen molar-refractivity contribution < 1.29 is 14.2 Å². The molecular weight excluding hydrogens is 290 g/mol. The molecule has 0 bridgehead atoms. The molecule has 0 unspecified atom stereocenters. The van der Waals surface area contributed by atoms with Crippen molar-refractivity contribution in [2.45, 2.75) is 13.5 Å². The molecule has 0 saturated carbocycles. The van der Waals surface area contributed by atoms with E-state index in [0.717, 1.165) is 28.5 Å². The van der Waals surface area contributed by atoms with Gasteiger partial charge in [-0.3, -0.25) is 0 Å². The van der Waals surface area contributed by atoms with Crippen LogP contribution >= 0.6 is 11.6 Å². The summed E-state index contributed by atoms with van der Waals surface area (Å²) in [5.74, 6) is 2.37. The maximum atomic E-state index is 6.04. The van der Waals surface area contributed by atoms with Crippen molar-refractivity contribution in [3.05, 3.63) is 47.0 Å². The highest BCUT2D eigenvalue weighted by molar-refractivity contribution is 6.30. The van der Waals surface area contributed by atoms with Gasteiger partial charge in [0.2, 0.25) is 6.79 Å². The SMILES string of the molecule is CCOc1ccc(Cl)cc1NCc1ccc2c(c1)OCO2. The van der Waals surface area contributed by atoms with Crippen molar-refractivity contribution >= 4 is 17.3 Å². The molecule has 0 saturated heterocycles. The predicted octanol–water partition coefficient (Wildman–Crippen LogP) is 4.08. The van der Waals surface area contributed by atoms with Gasteiger partial charge in [0, 0.05) is 11.6 Å². The molecule has 0 aliphatic carbocycles. The number of fused-ring (bicyclic) bond motifs is 1. The molecule has 2 aromatic rings. The fourth-order valence-electron chi connectivity index (χ4n) is 2.17. The van der Waals surface area contributed by atoms with Crippen molar-refractivity contribution in [1.82, 2.24) is 0 Å². The molecule has 0 fully saturated rings. The first-order chi connectivity index (χ1) is 10.3. The van der Waals surface area contributed by atoms with Crippen molar-refractivity contribution in [3.63, 3.8) is 0 Å². The molecule has 0 atom stereocenters. The van der Waals surface area contributed by atoms with E-state index in [0.29, 0.717) is 18.2 Å². The van der Waals surface area contributed by atoms with Crippen LogP contribution in [-0.4, -0.2) is 13.4 Å². The summed E-state index contributed by atoms with van der Waals surface area (Å²) in [5, 5.41) is 4.01. The smallest absolute Gasteiger partial charge is 0.231 e. The van der Waals surface area contributed by atoms with E-state index >= 15 is 0 Å². The highest BCUT2D eigenvalue weighted by Crippen LogP contribution is 2.33. The Morgan fingerprint density at radius 2 is 2.00 bits per heavy atom. The molecular formula is C16H16ClNO3. The van der Waals surface area contributed by atoms with Crippen LogP contribution in [0.15, 0.2) is 36.4 Å². The van der Waals surface area contributed by atoms with Crippen LogP contribution in [0.2, 0.25) is 5.02 Å². The van der Waals surface area contributed by atoms with Gasteiger partial charge >= 0.3 is 0 Å². The molecule has 0 spiro atoms. The van der Waals surface area contributed by atoms with Gasteiger partial charge in [-0.25, -0.2) is 0 Å². The summed E-state index contributed by atoms with van der Waals surface area (Å²) in [5.41, 5.74) is 1.98. The molecule has 0 amide bonds. The molecule has 0 radical (unpaired) electrons. The molecule has 0 aromatic heterocycles. The quantitative estimate of drug-likeness (QED) is 0.903. The van der Waals surface area contributed by atoms with Gasteiger partial charge in [-0.05, 0) is 42.8 Å². The Morgan fingerprint density at radius 3 is 2.86 bits per heavy atom. The average Bonchev–Trinajstić information content (AvgIpc) is 2.95. The second-order valence-electron chi connectivity index (χ2n) is 4.61. The Hall–Kier alpha value is -2.07. The first kappa shape index (κ1) is 13.9. The third-order valence-electron chi connectivity index (χ3n) is 3.16. The first-order valence-corrected chi connectivity index (χ1v) is 7.19. The number of hydrogen-bond donors (Lipinski definition) is 1. The van der Waals surface area contributed by atoms with Gasteiger partial charge in [-0.15, -0.1) is 0 Å². The Balaban J connectivity index is 1.74. The Kier molecular flexibility index (Phi) is 4.06. The summed E-state index contributed by atoms with van der Waals surface area (Å²) in [6.07, 6.45) is 0. The minimum Gasteiger partial charge on any atom is -0.492 e. The number of halogens is 1. The molecule has 110 valence electrons. The van der Waals surface area contributed by atoms with Gasteiger partial charge in [0.15, 0.2) is 11.5 Å². The lowest BCUT2D eigenvalue weighted by Crippen LogP contribution is -2.02. The molecule has 21 heavy (non-hydrogen) atoms. The number of nitrogens with one attached hydrogen (secondary N) is 1. The summed E-state index contributed by atoms with van der Waals surface area (Å²) in [7, 11) is 0. The van der Waals surface area contributed by atoms with Gasteiger partial charge in [-0.2, -0.15) is 0 Å². The lowest BCUT2D eigenvalue weighted by molar-refractivity contribution is 0.174. The van der Waals surface area contributed by atoms with Crippen LogP contribution in [0, 0.1) is 0 Å². The van der Waals surface area contributed by atoms with Crippen LogP contribution in [0.4, 0.5) is 5.69 Å². The minimum absolute atomic E-state index is 0.287. The van der Waals surface area contributed by atoms with Gasteiger partial charge in [-0.1, -0.05) is 17.7 Å².